The van der Waals surface area contributed by atoms with Crippen molar-refractivity contribution in [2.24, 2.45) is 5.92 Å². The number of hydrogen-bond donors (Lipinski definition) is 0. The van der Waals surface area contributed by atoms with Crippen molar-refractivity contribution >= 4 is 5.91 Å². The predicted octanol–water partition coefficient (Wildman–Crippen LogP) is 3.50. The third-order valence-corrected chi connectivity index (χ3v) is 3.53. The van der Waals surface area contributed by atoms with Crippen LogP contribution in [0.5, 0.6) is 11.5 Å². The van der Waals surface area contributed by atoms with E-state index in [2.05, 4.69) is 20.8 Å². The van der Waals surface area contributed by atoms with E-state index in [-0.39, 0.29) is 12.5 Å². The van der Waals surface area contributed by atoms with Crippen molar-refractivity contribution < 1.29 is 14.3 Å². The summed E-state index contributed by atoms with van der Waals surface area (Å²) in [6.07, 6.45) is 3.18. The van der Waals surface area contributed by atoms with Crippen LogP contribution in [0.3, 0.4) is 0 Å². The molecule has 1 aliphatic carbocycles. The maximum atomic E-state index is 12.4. The zero-order chi connectivity index (χ0) is 15.9. The number of para-hydroxylation sites is 2. The SMILES string of the molecule is CCCOc1ccccc1OCC(=O)N(CC(C)C)C1CC1. The first-order chi connectivity index (χ1) is 10.6. The van der Waals surface area contributed by atoms with Crippen LogP contribution in [0.4, 0.5) is 0 Å². The lowest BCUT2D eigenvalue weighted by Gasteiger charge is -2.24. The molecule has 22 heavy (non-hydrogen) atoms. The van der Waals surface area contributed by atoms with Crippen molar-refractivity contribution in [3.63, 3.8) is 0 Å². The summed E-state index contributed by atoms with van der Waals surface area (Å²) in [4.78, 5) is 14.4. The van der Waals surface area contributed by atoms with Crippen LogP contribution >= 0.6 is 0 Å². The minimum atomic E-state index is 0.0708. The van der Waals surface area contributed by atoms with Gasteiger partial charge in [-0.05, 0) is 37.3 Å². The monoisotopic (exact) mass is 305 g/mol. The smallest absolute Gasteiger partial charge is 0.260 e. The van der Waals surface area contributed by atoms with Gasteiger partial charge in [-0.3, -0.25) is 4.79 Å². The molecule has 0 spiro atoms. The van der Waals surface area contributed by atoms with E-state index in [9.17, 15) is 4.79 Å². The van der Waals surface area contributed by atoms with E-state index in [1.165, 1.54) is 0 Å². The number of amides is 1. The average Bonchev–Trinajstić information content (AvgIpc) is 3.33. The molecule has 0 bridgehead atoms. The van der Waals surface area contributed by atoms with E-state index >= 15 is 0 Å². The summed E-state index contributed by atoms with van der Waals surface area (Å²) < 4.78 is 11.4. The summed E-state index contributed by atoms with van der Waals surface area (Å²) in [5.41, 5.74) is 0. The molecule has 1 aromatic rings. The molecular weight excluding hydrogens is 278 g/mol. The lowest BCUT2D eigenvalue weighted by molar-refractivity contribution is -0.134. The molecule has 0 aromatic heterocycles. The number of carbonyl (C=O) groups is 1. The van der Waals surface area contributed by atoms with Crippen LogP contribution in [0.25, 0.3) is 0 Å². The van der Waals surface area contributed by atoms with E-state index < -0.39 is 0 Å². The van der Waals surface area contributed by atoms with Crippen molar-refractivity contribution in [1.29, 1.82) is 0 Å². The summed E-state index contributed by atoms with van der Waals surface area (Å²) in [5, 5.41) is 0. The molecule has 122 valence electrons. The first kappa shape index (κ1) is 16.7. The van der Waals surface area contributed by atoms with Crippen molar-refractivity contribution in [2.45, 2.75) is 46.1 Å². The Bertz CT molecular complexity index is 483. The van der Waals surface area contributed by atoms with Crippen LogP contribution in [-0.2, 0) is 4.79 Å². The number of nitrogens with zero attached hydrogens (tertiary/aromatic N) is 1. The van der Waals surface area contributed by atoms with Gasteiger partial charge in [0, 0.05) is 12.6 Å². The summed E-state index contributed by atoms with van der Waals surface area (Å²) in [7, 11) is 0. The first-order valence-corrected chi connectivity index (χ1v) is 8.26. The highest BCUT2D eigenvalue weighted by Gasteiger charge is 2.32. The highest BCUT2D eigenvalue weighted by Crippen LogP contribution is 2.29. The topological polar surface area (TPSA) is 38.8 Å². The fourth-order valence-corrected chi connectivity index (χ4v) is 2.36. The Balaban J connectivity index is 1.92. The van der Waals surface area contributed by atoms with Gasteiger partial charge in [0.15, 0.2) is 18.1 Å². The summed E-state index contributed by atoms with van der Waals surface area (Å²) in [6, 6.07) is 7.95. The molecule has 0 N–H and O–H groups in total. The second-order valence-electron chi connectivity index (χ2n) is 6.25. The third-order valence-electron chi connectivity index (χ3n) is 3.53. The number of benzene rings is 1. The second kappa shape index (κ2) is 8.06. The highest BCUT2D eigenvalue weighted by atomic mass is 16.5. The Hall–Kier alpha value is -1.71. The minimum Gasteiger partial charge on any atom is -0.490 e. The van der Waals surface area contributed by atoms with E-state index in [0.717, 1.165) is 25.8 Å². The second-order valence-corrected chi connectivity index (χ2v) is 6.25. The molecular formula is C18H27NO3. The standard InChI is InChI=1S/C18H27NO3/c1-4-11-21-16-7-5-6-8-17(16)22-13-18(20)19(12-14(2)3)15-9-10-15/h5-8,14-15H,4,9-13H2,1-3H3. The normalized spacial score (nSPS) is 14.0. The maximum Gasteiger partial charge on any atom is 0.260 e. The van der Waals surface area contributed by atoms with Gasteiger partial charge in [-0.15, -0.1) is 0 Å². The minimum absolute atomic E-state index is 0.0708. The molecule has 4 heteroatoms. The average molecular weight is 305 g/mol. The maximum absolute atomic E-state index is 12.4. The Morgan fingerprint density at radius 1 is 1.23 bits per heavy atom. The molecule has 0 atom stereocenters. The van der Waals surface area contributed by atoms with Crippen LogP contribution in [0.2, 0.25) is 0 Å². The Morgan fingerprint density at radius 3 is 2.41 bits per heavy atom. The number of carbonyl (C=O) groups excluding carboxylic acids is 1. The van der Waals surface area contributed by atoms with Crippen LogP contribution in [0.15, 0.2) is 24.3 Å². The lowest BCUT2D eigenvalue weighted by Crippen LogP contribution is -2.39. The molecule has 0 heterocycles. The van der Waals surface area contributed by atoms with Crippen molar-refractivity contribution in [2.75, 3.05) is 19.8 Å². The van der Waals surface area contributed by atoms with Crippen LogP contribution < -0.4 is 9.47 Å². The van der Waals surface area contributed by atoms with Crippen LogP contribution in [0, 0.1) is 5.92 Å². The predicted molar refractivity (Wildman–Crippen MR) is 87.3 cm³/mol. The van der Waals surface area contributed by atoms with E-state index in [1.54, 1.807) is 0 Å². The van der Waals surface area contributed by atoms with Gasteiger partial charge in [0.1, 0.15) is 0 Å². The molecule has 1 fully saturated rings. The van der Waals surface area contributed by atoms with Gasteiger partial charge in [-0.25, -0.2) is 0 Å². The number of ether oxygens (including phenoxy) is 2. The zero-order valence-corrected chi connectivity index (χ0v) is 13.9. The van der Waals surface area contributed by atoms with Crippen LogP contribution in [0.1, 0.15) is 40.0 Å². The highest BCUT2D eigenvalue weighted by molar-refractivity contribution is 5.78. The van der Waals surface area contributed by atoms with Crippen molar-refractivity contribution in [3.8, 4) is 11.5 Å². The molecule has 1 aliphatic rings. The van der Waals surface area contributed by atoms with Gasteiger partial charge in [0.05, 0.1) is 6.61 Å². The molecule has 0 aliphatic heterocycles. The quantitative estimate of drug-likeness (QED) is 0.701. The Kier molecular flexibility index (Phi) is 6.10. The lowest BCUT2D eigenvalue weighted by atomic mass is 10.2. The van der Waals surface area contributed by atoms with E-state index in [1.807, 2.05) is 29.2 Å². The van der Waals surface area contributed by atoms with Crippen molar-refractivity contribution in [1.82, 2.24) is 4.90 Å². The summed E-state index contributed by atoms with van der Waals surface area (Å²) in [6.45, 7) is 7.87. The molecule has 1 amide bonds. The van der Waals surface area contributed by atoms with Gasteiger partial charge >= 0.3 is 0 Å². The van der Waals surface area contributed by atoms with Crippen molar-refractivity contribution in [3.05, 3.63) is 24.3 Å². The Labute approximate surface area is 133 Å². The molecule has 0 saturated heterocycles. The summed E-state index contributed by atoms with van der Waals surface area (Å²) in [5.74, 6) is 1.90. The zero-order valence-electron chi connectivity index (χ0n) is 13.9. The van der Waals surface area contributed by atoms with Gasteiger partial charge in [-0.2, -0.15) is 0 Å². The van der Waals surface area contributed by atoms with Gasteiger partial charge < -0.3 is 14.4 Å². The van der Waals surface area contributed by atoms with Crippen LogP contribution in [-0.4, -0.2) is 36.6 Å². The van der Waals surface area contributed by atoms with Gasteiger partial charge in [0.25, 0.3) is 5.91 Å². The molecule has 2 rings (SSSR count). The fraction of sp³-hybridized carbons (Fsp3) is 0.611. The summed E-state index contributed by atoms with van der Waals surface area (Å²) >= 11 is 0. The Morgan fingerprint density at radius 2 is 1.86 bits per heavy atom. The molecule has 1 aromatic carbocycles. The molecule has 0 radical (unpaired) electrons. The molecule has 1 saturated carbocycles. The fourth-order valence-electron chi connectivity index (χ4n) is 2.36. The number of hydrogen-bond acceptors (Lipinski definition) is 3. The van der Waals surface area contributed by atoms with E-state index in [4.69, 9.17) is 9.47 Å². The van der Waals surface area contributed by atoms with Gasteiger partial charge in [-0.1, -0.05) is 32.9 Å². The molecule has 4 nitrogen and oxygen atoms in total. The first-order valence-electron chi connectivity index (χ1n) is 8.26. The number of rotatable bonds is 9. The third kappa shape index (κ3) is 4.93. The van der Waals surface area contributed by atoms with Gasteiger partial charge in [0.2, 0.25) is 0 Å². The molecule has 0 unspecified atom stereocenters. The largest absolute Gasteiger partial charge is 0.490 e. The van der Waals surface area contributed by atoms with E-state index in [0.29, 0.717) is 30.1 Å².